The zero-order valence-corrected chi connectivity index (χ0v) is 14.8. The molecule has 138 valence electrons. The van der Waals surface area contributed by atoms with Crippen LogP contribution in [0, 0.1) is 5.82 Å². The summed E-state index contributed by atoms with van der Waals surface area (Å²) in [5, 5.41) is 15.6. The second-order valence-electron chi connectivity index (χ2n) is 5.46. The Morgan fingerprint density at radius 2 is 1.96 bits per heavy atom. The molecule has 1 atom stereocenters. The van der Waals surface area contributed by atoms with Crippen LogP contribution in [0.1, 0.15) is 6.42 Å². The van der Waals surface area contributed by atoms with Crippen LogP contribution in [-0.4, -0.2) is 44.8 Å². The average molecular weight is 379 g/mol. The average Bonchev–Trinajstić information content (AvgIpc) is 2.61. The zero-order valence-electron chi connectivity index (χ0n) is 14.0. The molecule has 1 aromatic heterocycles. The number of benzene rings is 1. The third-order valence-electron chi connectivity index (χ3n) is 3.54. The fraction of sp³-hybridized carbons (Fsp3) is 0.294. The standard InChI is InChI=1S/C17H18FN3O4S/c1-26-9-8-14(17(24)25)19-15(22)10-21-16(23)7-6-13(20-21)11-2-4-12(18)5-3-11/h2-7,14H,8-10H2,1H3,(H,19,22)(H,24,25). The second-order valence-corrected chi connectivity index (χ2v) is 6.45. The van der Waals surface area contributed by atoms with Gasteiger partial charge in [0.05, 0.1) is 5.69 Å². The number of carboxylic acid groups (broad SMARTS) is 1. The van der Waals surface area contributed by atoms with Crippen molar-refractivity contribution in [3.05, 3.63) is 52.6 Å². The summed E-state index contributed by atoms with van der Waals surface area (Å²) in [7, 11) is 0. The number of hydrogen-bond acceptors (Lipinski definition) is 5. The lowest BCUT2D eigenvalue weighted by molar-refractivity contribution is -0.142. The Labute approximate surface area is 153 Å². The Bertz CT molecular complexity index is 839. The Hall–Kier alpha value is -2.68. The number of nitrogens with one attached hydrogen (secondary N) is 1. The van der Waals surface area contributed by atoms with E-state index in [9.17, 15) is 18.8 Å². The molecule has 7 nitrogen and oxygen atoms in total. The number of nitrogens with zero attached hydrogens (tertiary/aromatic N) is 2. The molecule has 26 heavy (non-hydrogen) atoms. The Kier molecular flexibility index (Phi) is 6.90. The summed E-state index contributed by atoms with van der Waals surface area (Å²) in [5.41, 5.74) is 0.487. The van der Waals surface area contributed by atoms with Crippen molar-refractivity contribution < 1.29 is 19.1 Å². The highest BCUT2D eigenvalue weighted by atomic mass is 32.2. The number of aromatic nitrogens is 2. The highest BCUT2D eigenvalue weighted by molar-refractivity contribution is 7.98. The topological polar surface area (TPSA) is 101 Å². The first-order valence-corrected chi connectivity index (χ1v) is 9.15. The number of amides is 1. The van der Waals surface area contributed by atoms with Gasteiger partial charge in [0.2, 0.25) is 5.91 Å². The van der Waals surface area contributed by atoms with Crippen LogP contribution in [-0.2, 0) is 16.1 Å². The summed E-state index contributed by atoms with van der Waals surface area (Å²) in [6, 6.07) is 7.25. The summed E-state index contributed by atoms with van der Waals surface area (Å²) in [5.74, 6) is -1.57. The third-order valence-corrected chi connectivity index (χ3v) is 4.19. The lowest BCUT2D eigenvalue weighted by atomic mass is 10.1. The minimum absolute atomic E-state index is 0.278. The quantitative estimate of drug-likeness (QED) is 0.718. The van der Waals surface area contributed by atoms with E-state index in [1.165, 1.54) is 48.2 Å². The Morgan fingerprint density at radius 1 is 1.27 bits per heavy atom. The lowest BCUT2D eigenvalue weighted by Crippen LogP contribution is -2.44. The molecule has 0 spiro atoms. The minimum Gasteiger partial charge on any atom is -0.480 e. The first kappa shape index (κ1) is 19.6. The van der Waals surface area contributed by atoms with Gasteiger partial charge in [0.1, 0.15) is 18.4 Å². The molecular weight excluding hydrogens is 361 g/mol. The molecule has 1 amide bonds. The molecule has 9 heteroatoms. The maximum Gasteiger partial charge on any atom is 0.326 e. The van der Waals surface area contributed by atoms with Crippen molar-refractivity contribution in [1.29, 1.82) is 0 Å². The normalized spacial score (nSPS) is 11.8. The van der Waals surface area contributed by atoms with Crippen LogP contribution in [0.2, 0.25) is 0 Å². The molecule has 0 fully saturated rings. The Balaban J connectivity index is 2.14. The molecule has 0 aliphatic rings. The molecule has 0 aliphatic carbocycles. The molecule has 0 saturated carbocycles. The van der Waals surface area contributed by atoms with Crippen molar-refractivity contribution in [3.8, 4) is 11.3 Å². The molecule has 0 saturated heterocycles. The number of carbonyl (C=O) groups excluding carboxylic acids is 1. The van der Waals surface area contributed by atoms with Gasteiger partial charge in [-0.25, -0.2) is 13.9 Å². The predicted molar refractivity (Wildman–Crippen MR) is 96.5 cm³/mol. The highest BCUT2D eigenvalue weighted by Crippen LogP contribution is 2.15. The van der Waals surface area contributed by atoms with Gasteiger partial charge in [0.15, 0.2) is 0 Å². The maximum atomic E-state index is 13.0. The van der Waals surface area contributed by atoms with Crippen molar-refractivity contribution in [2.45, 2.75) is 19.0 Å². The second kappa shape index (κ2) is 9.14. The highest BCUT2D eigenvalue weighted by Gasteiger charge is 2.20. The molecule has 2 N–H and O–H groups in total. The number of halogens is 1. The van der Waals surface area contributed by atoms with Gasteiger partial charge in [-0.05, 0) is 48.8 Å². The number of carboxylic acids is 1. The van der Waals surface area contributed by atoms with E-state index >= 15 is 0 Å². The Morgan fingerprint density at radius 3 is 2.58 bits per heavy atom. The van der Waals surface area contributed by atoms with Gasteiger partial charge in [-0.2, -0.15) is 16.9 Å². The molecule has 0 bridgehead atoms. The van der Waals surface area contributed by atoms with Crippen molar-refractivity contribution in [2.75, 3.05) is 12.0 Å². The number of rotatable bonds is 8. The molecule has 1 heterocycles. The number of thioether (sulfide) groups is 1. The third kappa shape index (κ3) is 5.41. The zero-order chi connectivity index (χ0) is 19.1. The number of aliphatic carboxylic acids is 1. The van der Waals surface area contributed by atoms with E-state index in [2.05, 4.69) is 10.4 Å². The monoisotopic (exact) mass is 379 g/mol. The van der Waals surface area contributed by atoms with Crippen LogP contribution in [0.4, 0.5) is 4.39 Å². The van der Waals surface area contributed by atoms with E-state index in [0.29, 0.717) is 17.0 Å². The summed E-state index contributed by atoms with van der Waals surface area (Å²) in [6.07, 6.45) is 2.12. The molecule has 0 aliphatic heterocycles. The minimum atomic E-state index is -1.13. The molecule has 2 aromatic rings. The first-order valence-electron chi connectivity index (χ1n) is 7.76. The largest absolute Gasteiger partial charge is 0.480 e. The van der Waals surface area contributed by atoms with Crippen LogP contribution in [0.5, 0.6) is 0 Å². The van der Waals surface area contributed by atoms with Gasteiger partial charge in [-0.3, -0.25) is 9.59 Å². The van der Waals surface area contributed by atoms with Crippen LogP contribution < -0.4 is 10.9 Å². The van der Waals surface area contributed by atoms with Crippen molar-refractivity contribution >= 4 is 23.6 Å². The van der Waals surface area contributed by atoms with Gasteiger partial charge >= 0.3 is 5.97 Å². The summed E-state index contributed by atoms with van der Waals surface area (Å²) >= 11 is 1.47. The van der Waals surface area contributed by atoms with Crippen molar-refractivity contribution in [3.63, 3.8) is 0 Å². The van der Waals surface area contributed by atoms with Crippen LogP contribution >= 0.6 is 11.8 Å². The summed E-state index contributed by atoms with van der Waals surface area (Å²) < 4.78 is 14.0. The van der Waals surface area contributed by atoms with E-state index in [-0.39, 0.29) is 6.42 Å². The van der Waals surface area contributed by atoms with Crippen molar-refractivity contribution in [1.82, 2.24) is 15.1 Å². The van der Waals surface area contributed by atoms with Gasteiger partial charge in [0.25, 0.3) is 5.56 Å². The van der Waals surface area contributed by atoms with Crippen molar-refractivity contribution in [2.24, 2.45) is 0 Å². The van der Waals surface area contributed by atoms with E-state index in [0.717, 1.165) is 4.68 Å². The molecule has 1 aromatic carbocycles. The fourth-order valence-corrected chi connectivity index (χ4v) is 2.68. The van der Waals surface area contributed by atoms with Gasteiger partial charge in [0, 0.05) is 11.6 Å². The molecule has 0 radical (unpaired) electrons. The molecular formula is C17H18FN3O4S. The SMILES string of the molecule is CSCCC(NC(=O)Cn1nc(-c2ccc(F)cc2)ccc1=O)C(=O)O. The fourth-order valence-electron chi connectivity index (χ4n) is 2.21. The lowest BCUT2D eigenvalue weighted by Gasteiger charge is -2.14. The van der Waals surface area contributed by atoms with E-state index < -0.39 is 35.8 Å². The van der Waals surface area contributed by atoms with Gasteiger partial charge in [-0.15, -0.1) is 0 Å². The summed E-state index contributed by atoms with van der Waals surface area (Å²) in [6.45, 7) is -0.406. The van der Waals surface area contributed by atoms with Gasteiger partial charge < -0.3 is 10.4 Å². The number of carbonyl (C=O) groups is 2. The smallest absolute Gasteiger partial charge is 0.326 e. The van der Waals surface area contributed by atoms with E-state index in [1.54, 1.807) is 0 Å². The summed E-state index contributed by atoms with van der Waals surface area (Å²) in [4.78, 5) is 35.2. The molecule has 1 unspecified atom stereocenters. The van der Waals surface area contributed by atoms with Gasteiger partial charge in [-0.1, -0.05) is 0 Å². The maximum absolute atomic E-state index is 13.0. The van der Waals surface area contributed by atoms with E-state index in [1.807, 2.05) is 6.26 Å². The van der Waals surface area contributed by atoms with Crippen LogP contribution in [0.3, 0.4) is 0 Å². The molecule has 2 rings (SSSR count). The predicted octanol–water partition coefficient (Wildman–Crippen LogP) is 1.37. The van der Waals surface area contributed by atoms with E-state index in [4.69, 9.17) is 5.11 Å². The first-order chi connectivity index (χ1) is 12.4. The number of hydrogen-bond donors (Lipinski definition) is 2. The van der Waals surface area contributed by atoms with Crippen LogP contribution in [0.25, 0.3) is 11.3 Å². The van der Waals surface area contributed by atoms with Crippen LogP contribution in [0.15, 0.2) is 41.2 Å².